The minimum absolute atomic E-state index is 0.0668. The molecule has 0 amide bonds. The number of hydrogen-bond acceptors (Lipinski definition) is 7. The topological polar surface area (TPSA) is 112 Å². The lowest BCUT2D eigenvalue weighted by molar-refractivity contribution is -0.142. The molecule has 4 atom stereocenters. The van der Waals surface area contributed by atoms with Crippen LogP contribution in [0.2, 0.25) is 0 Å². The molecule has 1 N–H and O–H groups in total. The normalized spacial score (nSPS) is 20.6. The summed E-state index contributed by atoms with van der Waals surface area (Å²) in [6.45, 7) is -0.369. The maximum atomic E-state index is 15.5. The van der Waals surface area contributed by atoms with Crippen molar-refractivity contribution >= 4 is 32.1 Å². The molecule has 2 aliphatic carbocycles. The molecular weight excluding hydrogens is 804 g/mol. The Bertz CT molecular complexity index is 2670. The second-order valence-corrected chi connectivity index (χ2v) is 18.5. The van der Waals surface area contributed by atoms with Gasteiger partial charge in [0.25, 0.3) is 5.92 Å². The number of Topliss-reactive ketones (excluding diaryl/α,β-unsaturated/α-hetero) is 1. The fraction of sp³-hybridized carbons (Fsp3) is 0.405. The number of benzene rings is 2. The lowest BCUT2D eigenvalue weighted by Gasteiger charge is -2.26. The average Bonchev–Trinajstić information content (AvgIpc) is 3.69. The van der Waals surface area contributed by atoms with Crippen molar-refractivity contribution in [1.82, 2.24) is 24.5 Å². The summed E-state index contributed by atoms with van der Waals surface area (Å²) in [5.74, 6) is -0.0114. The Kier molecular flexibility index (Phi) is 10.1. The van der Waals surface area contributed by atoms with Crippen LogP contribution >= 0.6 is 0 Å². The molecule has 3 aliphatic rings. The van der Waals surface area contributed by atoms with Gasteiger partial charge in [-0.25, -0.2) is 13.8 Å². The number of fused-ring (bicyclic) bond motifs is 4. The molecule has 1 saturated carbocycles. The summed E-state index contributed by atoms with van der Waals surface area (Å²) in [5.41, 5.74) is -1.82. The van der Waals surface area contributed by atoms with Crippen LogP contribution in [-0.2, 0) is 56.9 Å². The van der Waals surface area contributed by atoms with Gasteiger partial charge < -0.3 is 9.84 Å². The van der Waals surface area contributed by atoms with E-state index >= 15 is 8.78 Å². The number of ketones is 1. The van der Waals surface area contributed by atoms with E-state index in [9.17, 15) is 36.1 Å². The molecule has 2 aromatic carbocycles. The smallest absolute Gasteiger partial charge is 0.381 e. The highest BCUT2D eigenvalue weighted by Gasteiger charge is 2.68. The fourth-order valence-corrected chi connectivity index (χ4v) is 9.29. The van der Waals surface area contributed by atoms with Crippen molar-refractivity contribution in [1.29, 1.82) is 0 Å². The predicted octanol–water partition coefficient (Wildman–Crippen LogP) is 7.06. The van der Waals surface area contributed by atoms with Crippen molar-refractivity contribution < 1.29 is 49.6 Å². The van der Waals surface area contributed by atoms with E-state index < -0.39 is 92.3 Å². The van der Waals surface area contributed by atoms with Gasteiger partial charge in [0.2, 0.25) is 0 Å². The summed E-state index contributed by atoms with van der Waals surface area (Å²) in [7, 11) is -0.841. The molecule has 0 spiro atoms. The second kappa shape index (κ2) is 14.6. The van der Waals surface area contributed by atoms with E-state index in [-0.39, 0.29) is 61.6 Å². The fourth-order valence-electron chi connectivity index (χ4n) is 8.50. The van der Waals surface area contributed by atoms with E-state index in [1.807, 2.05) is 0 Å². The molecule has 0 radical (unpaired) electrons. The van der Waals surface area contributed by atoms with E-state index in [2.05, 4.69) is 27.9 Å². The lowest BCUT2D eigenvalue weighted by atomic mass is 9.86. The number of pyridine rings is 1. The summed E-state index contributed by atoms with van der Waals surface area (Å²) in [5, 5.41) is 19.9. The van der Waals surface area contributed by atoms with Gasteiger partial charge in [0.1, 0.15) is 35.2 Å². The molecule has 8 rings (SSSR count). The Balaban J connectivity index is 1.26. The zero-order chi connectivity index (χ0) is 42.2. The first-order valence-electron chi connectivity index (χ1n) is 18.8. The van der Waals surface area contributed by atoms with Crippen LogP contribution in [0.3, 0.4) is 0 Å². The van der Waals surface area contributed by atoms with E-state index in [4.69, 9.17) is 9.72 Å². The van der Waals surface area contributed by atoms with Crippen molar-refractivity contribution in [3.63, 3.8) is 0 Å². The van der Waals surface area contributed by atoms with Gasteiger partial charge in [-0.1, -0.05) is 24.1 Å². The molecule has 4 heterocycles. The molecule has 9 nitrogen and oxygen atoms in total. The molecule has 2 fully saturated rings. The summed E-state index contributed by atoms with van der Waals surface area (Å²) in [6.07, 6.45) is -3.93. The minimum Gasteiger partial charge on any atom is -0.381 e. The number of para-hydroxylation sites is 1. The zero-order valence-corrected chi connectivity index (χ0v) is 32.7. The number of aryl methyl sites for hydroxylation is 1. The van der Waals surface area contributed by atoms with Crippen LogP contribution in [0.15, 0.2) is 48.5 Å². The number of carbonyl (C=O) groups is 1. The van der Waals surface area contributed by atoms with Crippen LogP contribution in [0.5, 0.6) is 0 Å². The van der Waals surface area contributed by atoms with Crippen LogP contribution < -0.4 is 0 Å². The van der Waals surface area contributed by atoms with E-state index in [1.165, 1.54) is 6.26 Å². The van der Waals surface area contributed by atoms with Crippen molar-refractivity contribution in [3.05, 3.63) is 99.8 Å². The van der Waals surface area contributed by atoms with Crippen LogP contribution in [0.1, 0.15) is 77.1 Å². The monoisotopic (exact) mass is 841 g/mol. The van der Waals surface area contributed by atoms with Crippen LogP contribution in [0.4, 0.5) is 30.7 Å². The molecular formula is C42H38F7N5O4S. The number of aromatic nitrogens is 5. The molecule has 3 aromatic heterocycles. The van der Waals surface area contributed by atoms with Gasteiger partial charge in [-0.3, -0.25) is 18.4 Å². The van der Waals surface area contributed by atoms with E-state index in [0.717, 1.165) is 12.1 Å². The first-order chi connectivity index (χ1) is 27.7. The number of rotatable bonds is 10. The van der Waals surface area contributed by atoms with Gasteiger partial charge in [0.05, 0.1) is 35.9 Å². The standard InChI is InChI=1S/C42H38F7N5O4S/c1-53-37-30(5-4-6-31(37)34(51-53)22-59(2,3)57)29-8-7-27(9-10-40(56)11-13-58-14-12-40)50-36(29)24(15-23-16-25(43)19-26(44)17-23)18-28(55)21-54-39-35(38(52-54)42(47,48)49)32-20-33(32)41(39,45)46/h4-8,16-17,19,24,32-33,56H,2,11-15,18,20-22H2,1,3H3/t24-,32+,33-,59?/m1/s1. The molecule has 1 aliphatic heterocycles. The highest BCUT2D eigenvalue weighted by atomic mass is 32.2. The molecule has 17 heteroatoms. The SMILES string of the molecule is C=S(C)(=O)Cc1nn(C)c2c(-c3ccc(C#CC4(O)CCOCC4)nc3[C@@H](CC(=O)Cn3nc(C(F)(F)F)c4c3C(F)(F)[C@@H]3C[C@H]43)Cc3cc(F)cc(F)c3)cccc12. The van der Waals surface area contributed by atoms with Crippen LogP contribution in [0.25, 0.3) is 22.0 Å². The van der Waals surface area contributed by atoms with Crippen molar-refractivity contribution in [3.8, 4) is 23.0 Å². The number of alkyl halides is 5. The Labute approximate surface area is 334 Å². The predicted molar refractivity (Wildman–Crippen MR) is 205 cm³/mol. The maximum Gasteiger partial charge on any atom is 0.435 e. The largest absolute Gasteiger partial charge is 0.435 e. The van der Waals surface area contributed by atoms with Crippen molar-refractivity contribution in [2.75, 3.05) is 19.5 Å². The third-order valence-corrected chi connectivity index (χ3v) is 12.0. The first-order valence-corrected chi connectivity index (χ1v) is 21.1. The highest BCUT2D eigenvalue weighted by molar-refractivity contribution is 7.98. The molecule has 59 heavy (non-hydrogen) atoms. The number of nitrogens with zero attached hydrogens (tertiary/aromatic N) is 5. The Morgan fingerprint density at radius 1 is 1.08 bits per heavy atom. The molecule has 310 valence electrons. The molecule has 0 bridgehead atoms. The van der Waals surface area contributed by atoms with Gasteiger partial charge in [0, 0.05) is 72.5 Å². The molecule has 5 aromatic rings. The maximum absolute atomic E-state index is 15.5. The summed E-state index contributed by atoms with van der Waals surface area (Å²) in [6, 6.07) is 11.4. The Hall–Kier alpha value is -5.05. The van der Waals surface area contributed by atoms with Gasteiger partial charge in [-0.05, 0) is 69.9 Å². The second-order valence-electron chi connectivity index (χ2n) is 15.9. The van der Waals surface area contributed by atoms with Crippen LogP contribution in [-0.4, -0.2) is 70.6 Å². The minimum atomic E-state index is -5.04. The lowest BCUT2D eigenvalue weighted by Crippen LogP contribution is -2.34. The summed E-state index contributed by atoms with van der Waals surface area (Å²) in [4.78, 5) is 19.0. The number of ether oxygens (including phenoxy) is 1. The Morgan fingerprint density at radius 2 is 1.80 bits per heavy atom. The third-order valence-electron chi connectivity index (χ3n) is 11.1. The summed E-state index contributed by atoms with van der Waals surface area (Å²) >= 11 is 0. The van der Waals surface area contributed by atoms with Gasteiger partial charge in [0.15, 0.2) is 11.5 Å². The van der Waals surface area contributed by atoms with Gasteiger partial charge >= 0.3 is 6.18 Å². The number of aliphatic hydroxyl groups is 1. The first kappa shape index (κ1) is 40.7. The van der Waals surface area contributed by atoms with E-state index in [1.54, 1.807) is 42.1 Å². The average molecular weight is 842 g/mol. The molecule has 1 saturated heterocycles. The molecule has 1 unspecified atom stereocenters. The summed E-state index contributed by atoms with van der Waals surface area (Å²) < 4.78 is 123. The van der Waals surface area contributed by atoms with Crippen LogP contribution in [0, 0.1) is 29.4 Å². The van der Waals surface area contributed by atoms with Gasteiger partial charge in [-0.15, -0.1) is 0 Å². The number of hydrogen-bond donors (Lipinski definition) is 1. The van der Waals surface area contributed by atoms with Gasteiger partial charge in [-0.2, -0.15) is 32.1 Å². The zero-order valence-electron chi connectivity index (χ0n) is 31.9. The Morgan fingerprint density at radius 3 is 2.47 bits per heavy atom. The number of halogens is 7. The van der Waals surface area contributed by atoms with E-state index in [0.29, 0.717) is 38.5 Å². The quantitative estimate of drug-likeness (QED) is 0.0911. The third kappa shape index (κ3) is 8.02. The van der Waals surface area contributed by atoms with Crippen molar-refractivity contribution in [2.24, 2.45) is 13.0 Å². The highest BCUT2D eigenvalue weighted by Crippen LogP contribution is 2.68. The number of carbonyl (C=O) groups excluding carboxylic acids is 1. The van der Waals surface area contributed by atoms with Crippen molar-refractivity contribution in [2.45, 2.75) is 73.9 Å².